The molecule has 0 amide bonds. The Morgan fingerprint density at radius 2 is 1.83 bits per heavy atom. The van der Waals surface area contributed by atoms with Gasteiger partial charge in [-0.1, -0.05) is 18.8 Å². The summed E-state index contributed by atoms with van der Waals surface area (Å²) >= 11 is 0. The van der Waals surface area contributed by atoms with E-state index in [2.05, 4.69) is 11.8 Å². The van der Waals surface area contributed by atoms with E-state index < -0.39 is 5.97 Å². The summed E-state index contributed by atoms with van der Waals surface area (Å²) in [7, 11) is 0. The van der Waals surface area contributed by atoms with Gasteiger partial charge in [-0.25, -0.2) is 4.79 Å². The molecule has 3 rings (SSSR count). The molecule has 0 saturated heterocycles. The summed E-state index contributed by atoms with van der Waals surface area (Å²) in [5, 5.41) is 18.6. The summed E-state index contributed by atoms with van der Waals surface area (Å²) in [6.07, 6.45) is 0.768. The maximum atomic E-state index is 10.8. The van der Waals surface area contributed by atoms with Gasteiger partial charge in [0, 0.05) is 22.1 Å². The lowest BCUT2D eigenvalue weighted by Crippen LogP contribution is -2.33. The second-order valence-electron chi connectivity index (χ2n) is 6.16. The van der Waals surface area contributed by atoms with Gasteiger partial charge in [0.2, 0.25) is 0 Å². The van der Waals surface area contributed by atoms with Crippen molar-refractivity contribution in [1.82, 2.24) is 0 Å². The monoisotopic (exact) mass is 322 g/mol. The van der Waals surface area contributed by atoms with Crippen LogP contribution >= 0.6 is 0 Å². The van der Waals surface area contributed by atoms with Crippen molar-refractivity contribution >= 4 is 5.97 Å². The first-order valence-corrected chi connectivity index (χ1v) is 7.75. The highest BCUT2D eigenvalue weighted by atomic mass is 16.5. The number of aromatic carboxylic acids is 1. The number of hydrogen-bond acceptors (Lipinski definition) is 3. The van der Waals surface area contributed by atoms with E-state index in [-0.39, 0.29) is 17.6 Å². The highest BCUT2D eigenvalue weighted by Crippen LogP contribution is 2.38. The molecule has 4 heteroatoms. The number of rotatable bonds is 2. The summed E-state index contributed by atoms with van der Waals surface area (Å²) < 4.78 is 5.66. The number of carbonyl (C=O) groups is 1. The van der Waals surface area contributed by atoms with Gasteiger partial charge < -0.3 is 14.9 Å². The van der Waals surface area contributed by atoms with Crippen LogP contribution in [-0.2, 0) is 5.41 Å². The number of carboxylic acid groups (broad SMARTS) is 1. The van der Waals surface area contributed by atoms with E-state index >= 15 is 0 Å². The summed E-state index contributed by atoms with van der Waals surface area (Å²) in [6, 6.07) is 12.2. The molecule has 0 saturated carbocycles. The molecule has 0 aromatic heterocycles. The third-order valence-corrected chi connectivity index (χ3v) is 4.37. The van der Waals surface area contributed by atoms with Gasteiger partial charge in [0.05, 0.1) is 18.8 Å². The molecule has 1 aliphatic heterocycles. The number of hydrogen-bond donors (Lipinski definition) is 2. The molecular weight excluding hydrogens is 304 g/mol. The zero-order valence-electron chi connectivity index (χ0n) is 13.4. The van der Waals surface area contributed by atoms with Crippen molar-refractivity contribution in [3.8, 4) is 17.6 Å². The van der Waals surface area contributed by atoms with Crippen LogP contribution in [0.25, 0.3) is 0 Å². The predicted octanol–water partition coefficient (Wildman–Crippen LogP) is 2.82. The molecule has 0 aliphatic carbocycles. The molecule has 2 N–H and O–H groups in total. The highest BCUT2D eigenvalue weighted by molar-refractivity contribution is 5.87. The van der Waals surface area contributed by atoms with Crippen LogP contribution in [0.4, 0.5) is 0 Å². The topological polar surface area (TPSA) is 66.8 Å². The number of aliphatic hydroxyl groups is 1. The van der Waals surface area contributed by atoms with Crippen LogP contribution < -0.4 is 4.74 Å². The van der Waals surface area contributed by atoms with E-state index in [0.717, 1.165) is 28.9 Å². The first kappa shape index (κ1) is 16.1. The molecule has 4 nitrogen and oxygen atoms in total. The first-order valence-electron chi connectivity index (χ1n) is 7.75. The smallest absolute Gasteiger partial charge is 0.335 e. The number of aliphatic hydroxyl groups excluding tert-OH is 1. The minimum Gasteiger partial charge on any atom is -0.493 e. The van der Waals surface area contributed by atoms with Crippen LogP contribution in [0, 0.1) is 11.8 Å². The van der Waals surface area contributed by atoms with Gasteiger partial charge in [-0.05, 0) is 48.9 Å². The van der Waals surface area contributed by atoms with Crippen molar-refractivity contribution in [3.63, 3.8) is 0 Å². The lowest BCUT2D eigenvalue weighted by molar-refractivity contribution is 0.0697. The summed E-state index contributed by atoms with van der Waals surface area (Å²) in [5.41, 5.74) is 2.49. The second kappa shape index (κ2) is 6.38. The zero-order chi connectivity index (χ0) is 17.2. The molecule has 1 atom stereocenters. The molecule has 0 spiro atoms. The Kier molecular flexibility index (Phi) is 4.28. The van der Waals surface area contributed by atoms with Crippen molar-refractivity contribution in [3.05, 3.63) is 64.7 Å². The van der Waals surface area contributed by atoms with Gasteiger partial charge in [-0.2, -0.15) is 0 Å². The molecule has 1 unspecified atom stereocenters. The van der Waals surface area contributed by atoms with E-state index in [0.29, 0.717) is 6.61 Å². The maximum Gasteiger partial charge on any atom is 0.335 e. The number of fused-ring (bicyclic) bond motifs is 1. The zero-order valence-corrected chi connectivity index (χ0v) is 13.4. The van der Waals surface area contributed by atoms with Crippen molar-refractivity contribution < 1.29 is 19.7 Å². The van der Waals surface area contributed by atoms with Gasteiger partial charge in [0.15, 0.2) is 0 Å². The molecule has 1 aliphatic rings. The Hall–Kier alpha value is -2.77. The van der Waals surface area contributed by atoms with E-state index in [4.69, 9.17) is 9.84 Å². The Morgan fingerprint density at radius 3 is 2.50 bits per heavy atom. The van der Waals surface area contributed by atoms with Crippen molar-refractivity contribution in [1.29, 1.82) is 0 Å². The lowest BCUT2D eigenvalue weighted by Gasteiger charge is -2.34. The molecule has 1 heterocycles. The molecule has 2 aromatic rings. The number of ether oxygens (including phenoxy) is 1. The van der Waals surface area contributed by atoms with Gasteiger partial charge in [-0.3, -0.25) is 0 Å². The predicted molar refractivity (Wildman–Crippen MR) is 90.4 cm³/mol. The van der Waals surface area contributed by atoms with Gasteiger partial charge in [0.1, 0.15) is 5.75 Å². The summed E-state index contributed by atoms with van der Waals surface area (Å²) in [5.74, 6) is 5.97. The Bertz CT molecular complexity index is 827. The largest absolute Gasteiger partial charge is 0.493 e. The van der Waals surface area contributed by atoms with Crippen LogP contribution in [0.5, 0.6) is 5.75 Å². The SMILES string of the molecule is CC1(CO)CCOc2ccc(C#Cc3ccc(C(=O)O)cc3)cc21. The Balaban J connectivity index is 1.89. The van der Waals surface area contributed by atoms with Crippen LogP contribution in [-0.4, -0.2) is 29.4 Å². The second-order valence-corrected chi connectivity index (χ2v) is 6.16. The minimum atomic E-state index is -0.951. The molecule has 2 aromatic carbocycles. The highest BCUT2D eigenvalue weighted by Gasteiger charge is 2.32. The van der Waals surface area contributed by atoms with Gasteiger partial charge in [0.25, 0.3) is 0 Å². The fourth-order valence-corrected chi connectivity index (χ4v) is 2.73. The van der Waals surface area contributed by atoms with Crippen LogP contribution in [0.3, 0.4) is 0 Å². The molecule has 122 valence electrons. The van der Waals surface area contributed by atoms with E-state index in [1.54, 1.807) is 12.1 Å². The first-order chi connectivity index (χ1) is 11.5. The minimum absolute atomic E-state index is 0.0664. The Morgan fingerprint density at radius 1 is 1.17 bits per heavy atom. The van der Waals surface area contributed by atoms with Crippen LogP contribution in [0.15, 0.2) is 42.5 Å². The van der Waals surface area contributed by atoms with Crippen molar-refractivity contribution in [2.75, 3.05) is 13.2 Å². The average Bonchev–Trinajstić information content (AvgIpc) is 2.61. The lowest BCUT2D eigenvalue weighted by atomic mass is 9.78. The van der Waals surface area contributed by atoms with E-state index in [1.165, 1.54) is 12.1 Å². The van der Waals surface area contributed by atoms with E-state index in [9.17, 15) is 9.90 Å². The average molecular weight is 322 g/mol. The van der Waals surface area contributed by atoms with Crippen LogP contribution in [0.1, 0.15) is 40.4 Å². The number of carboxylic acids is 1. The third-order valence-electron chi connectivity index (χ3n) is 4.37. The summed E-state index contributed by atoms with van der Waals surface area (Å²) in [6.45, 7) is 2.69. The molecule has 0 fully saturated rings. The van der Waals surface area contributed by atoms with Crippen molar-refractivity contribution in [2.45, 2.75) is 18.8 Å². The quantitative estimate of drug-likeness (QED) is 0.835. The molecule has 0 bridgehead atoms. The molecule has 24 heavy (non-hydrogen) atoms. The molecular formula is C20H18O4. The van der Waals surface area contributed by atoms with Crippen molar-refractivity contribution in [2.24, 2.45) is 0 Å². The van der Waals surface area contributed by atoms with Crippen LogP contribution in [0.2, 0.25) is 0 Å². The third kappa shape index (κ3) is 3.12. The van der Waals surface area contributed by atoms with Gasteiger partial charge >= 0.3 is 5.97 Å². The fraction of sp³-hybridized carbons (Fsp3) is 0.250. The normalized spacial score (nSPS) is 18.8. The maximum absolute atomic E-state index is 10.8. The Labute approximate surface area is 140 Å². The standard InChI is InChI=1S/C20H18O4/c1-20(13-21)10-11-24-18-9-6-15(12-17(18)20)3-2-14-4-7-16(8-5-14)19(22)23/h4-9,12,21H,10-11,13H2,1H3,(H,22,23). The molecule has 0 radical (unpaired) electrons. The van der Waals surface area contributed by atoms with E-state index in [1.807, 2.05) is 25.1 Å². The summed E-state index contributed by atoms with van der Waals surface area (Å²) in [4.78, 5) is 10.8. The van der Waals surface area contributed by atoms with Gasteiger partial charge in [-0.15, -0.1) is 0 Å². The fourth-order valence-electron chi connectivity index (χ4n) is 2.73. The number of benzene rings is 2.